The molecule has 342 valence electrons. The van der Waals surface area contributed by atoms with Gasteiger partial charge in [-0.2, -0.15) is 0 Å². The van der Waals surface area contributed by atoms with Gasteiger partial charge >= 0.3 is 0 Å². The first-order chi connectivity index (χ1) is 29.5. The van der Waals surface area contributed by atoms with Gasteiger partial charge in [0.2, 0.25) is 0 Å². The SMILES string of the molecule is CCCCCCOc1cc(C=CC(=O)c2c(OCCCCCC)c(OCCCCCC)cc(OCCCCCC)c2OCCCCCC)c(OCCCCCC)c(OC)c1. The Hall–Kier alpha value is -3.55. The normalized spacial score (nSPS) is 11.2. The monoisotopic (exact) mass is 839 g/mol. The summed E-state index contributed by atoms with van der Waals surface area (Å²) in [6, 6.07) is 5.74. The minimum Gasteiger partial charge on any atom is -0.493 e. The molecular weight excluding hydrogens is 753 g/mol. The van der Waals surface area contributed by atoms with E-state index in [-0.39, 0.29) is 5.78 Å². The van der Waals surface area contributed by atoms with E-state index in [2.05, 4.69) is 41.5 Å². The number of carbonyl (C=O) groups excluding carboxylic acids is 1. The molecule has 0 amide bonds. The molecule has 8 heteroatoms. The van der Waals surface area contributed by atoms with Crippen molar-refractivity contribution < 1.29 is 38.0 Å². The van der Waals surface area contributed by atoms with Crippen LogP contribution in [0.25, 0.3) is 6.08 Å². The van der Waals surface area contributed by atoms with Crippen LogP contribution in [-0.2, 0) is 0 Å². The van der Waals surface area contributed by atoms with Crippen LogP contribution in [0.2, 0.25) is 0 Å². The lowest BCUT2D eigenvalue weighted by Crippen LogP contribution is -2.12. The summed E-state index contributed by atoms with van der Waals surface area (Å²) < 4.78 is 44.8. The Morgan fingerprint density at radius 2 is 0.783 bits per heavy atom. The molecule has 0 aliphatic heterocycles. The molecule has 0 aliphatic carbocycles. The minimum absolute atomic E-state index is 0.256. The smallest absolute Gasteiger partial charge is 0.193 e. The molecule has 0 radical (unpaired) electrons. The van der Waals surface area contributed by atoms with E-state index in [4.69, 9.17) is 33.2 Å². The summed E-state index contributed by atoms with van der Waals surface area (Å²) in [5.74, 6) is 3.49. The van der Waals surface area contributed by atoms with E-state index in [0.717, 1.165) is 141 Å². The maximum Gasteiger partial charge on any atom is 0.193 e. The van der Waals surface area contributed by atoms with Crippen LogP contribution < -0.4 is 33.2 Å². The fourth-order valence-electron chi connectivity index (χ4n) is 6.93. The van der Waals surface area contributed by atoms with Gasteiger partial charge < -0.3 is 33.2 Å². The van der Waals surface area contributed by atoms with E-state index >= 15 is 0 Å². The third-order valence-corrected chi connectivity index (χ3v) is 10.6. The van der Waals surface area contributed by atoms with Gasteiger partial charge in [-0.3, -0.25) is 4.79 Å². The van der Waals surface area contributed by atoms with E-state index in [1.54, 1.807) is 13.2 Å². The van der Waals surface area contributed by atoms with Gasteiger partial charge in [-0.25, -0.2) is 0 Å². The number of hydrogen-bond donors (Lipinski definition) is 0. The van der Waals surface area contributed by atoms with Gasteiger partial charge in [0.25, 0.3) is 0 Å². The highest BCUT2D eigenvalue weighted by Gasteiger charge is 2.28. The molecule has 0 saturated heterocycles. The number of rotatable bonds is 40. The average molecular weight is 839 g/mol. The minimum atomic E-state index is -0.256. The van der Waals surface area contributed by atoms with Crippen molar-refractivity contribution in [3.63, 3.8) is 0 Å². The lowest BCUT2D eigenvalue weighted by atomic mass is 10.0. The molecule has 0 N–H and O–H groups in total. The number of benzene rings is 2. The van der Waals surface area contributed by atoms with Crippen LogP contribution in [0.5, 0.6) is 40.2 Å². The summed E-state index contributed by atoms with van der Waals surface area (Å²) in [5.41, 5.74) is 1.05. The second-order valence-electron chi connectivity index (χ2n) is 16.1. The van der Waals surface area contributed by atoms with E-state index in [0.29, 0.717) is 91.0 Å². The Balaban J connectivity index is 2.76. The van der Waals surface area contributed by atoms with Crippen molar-refractivity contribution in [3.05, 3.63) is 35.4 Å². The Kier molecular flexibility index (Phi) is 30.8. The number of hydrogen-bond acceptors (Lipinski definition) is 8. The second kappa shape index (κ2) is 35.1. The molecule has 0 aliphatic rings. The van der Waals surface area contributed by atoms with Crippen LogP contribution in [0.15, 0.2) is 24.3 Å². The molecule has 8 nitrogen and oxygen atoms in total. The van der Waals surface area contributed by atoms with E-state index in [1.165, 1.54) is 12.8 Å². The molecule has 2 rings (SSSR count). The molecule has 0 saturated carbocycles. The van der Waals surface area contributed by atoms with Crippen molar-refractivity contribution in [2.45, 2.75) is 196 Å². The van der Waals surface area contributed by atoms with E-state index in [9.17, 15) is 4.79 Å². The van der Waals surface area contributed by atoms with Gasteiger partial charge in [0.15, 0.2) is 40.3 Å². The highest BCUT2D eigenvalue weighted by molar-refractivity contribution is 6.12. The summed E-state index contributed by atoms with van der Waals surface area (Å²) >= 11 is 0. The van der Waals surface area contributed by atoms with Crippen molar-refractivity contribution in [1.82, 2.24) is 0 Å². The lowest BCUT2D eigenvalue weighted by molar-refractivity contribution is 0.103. The van der Waals surface area contributed by atoms with Crippen molar-refractivity contribution in [1.29, 1.82) is 0 Å². The van der Waals surface area contributed by atoms with Gasteiger partial charge in [-0.15, -0.1) is 0 Å². The molecular formula is C52H86O8. The number of allylic oxidation sites excluding steroid dienone is 1. The maximum atomic E-state index is 15.0. The number of ketones is 1. The zero-order valence-corrected chi connectivity index (χ0v) is 39.4. The number of methoxy groups -OCH3 is 1. The Labute approximate surface area is 366 Å². The van der Waals surface area contributed by atoms with Gasteiger partial charge in [-0.1, -0.05) is 157 Å². The fourth-order valence-corrected chi connectivity index (χ4v) is 6.93. The van der Waals surface area contributed by atoms with E-state index in [1.807, 2.05) is 24.3 Å². The number of ether oxygens (including phenoxy) is 7. The van der Waals surface area contributed by atoms with Crippen molar-refractivity contribution in [2.24, 2.45) is 0 Å². The highest BCUT2D eigenvalue weighted by Crippen LogP contribution is 2.46. The van der Waals surface area contributed by atoms with Crippen LogP contribution in [-0.4, -0.2) is 52.5 Å². The zero-order valence-electron chi connectivity index (χ0n) is 39.4. The molecule has 0 fully saturated rings. The van der Waals surface area contributed by atoms with E-state index < -0.39 is 0 Å². The van der Waals surface area contributed by atoms with Crippen molar-refractivity contribution >= 4 is 11.9 Å². The molecule has 0 unspecified atom stereocenters. The van der Waals surface area contributed by atoms with Gasteiger partial charge in [0.1, 0.15) is 11.3 Å². The lowest BCUT2D eigenvalue weighted by Gasteiger charge is -2.22. The van der Waals surface area contributed by atoms with Gasteiger partial charge in [-0.05, 0) is 56.7 Å². The van der Waals surface area contributed by atoms with Crippen LogP contribution in [0, 0.1) is 0 Å². The standard InChI is InChI=1S/C52H86O8/c1-8-14-20-26-34-55-44-40-43(50(46(41-44)54-7)58-37-29-23-17-11-4)32-33-45(53)49-51(59-38-30-24-18-12-5)47(56-35-27-21-15-9-2)42-48(57-36-28-22-16-10-3)52(49)60-39-31-25-19-13-6/h32-33,40-42H,8-31,34-39H2,1-7H3. The maximum absolute atomic E-state index is 15.0. The topological polar surface area (TPSA) is 81.7 Å². The van der Waals surface area contributed by atoms with Crippen molar-refractivity contribution in [3.8, 4) is 40.2 Å². The molecule has 2 aromatic rings. The first kappa shape index (κ1) is 52.6. The Morgan fingerprint density at radius 3 is 1.17 bits per heavy atom. The second-order valence-corrected chi connectivity index (χ2v) is 16.1. The third-order valence-electron chi connectivity index (χ3n) is 10.6. The quantitative estimate of drug-likeness (QED) is 0.0373. The molecule has 60 heavy (non-hydrogen) atoms. The molecule has 0 bridgehead atoms. The predicted molar refractivity (Wildman–Crippen MR) is 251 cm³/mol. The third kappa shape index (κ3) is 21.3. The summed E-state index contributed by atoms with van der Waals surface area (Å²) in [6.07, 6.45) is 29.1. The molecule has 0 spiro atoms. The molecule has 0 atom stereocenters. The Bertz CT molecular complexity index is 1370. The first-order valence-electron chi connectivity index (χ1n) is 24.4. The zero-order chi connectivity index (χ0) is 43.5. The van der Waals surface area contributed by atoms with Gasteiger partial charge in [0, 0.05) is 17.7 Å². The largest absolute Gasteiger partial charge is 0.493 e. The van der Waals surface area contributed by atoms with Crippen LogP contribution in [0.4, 0.5) is 0 Å². The van der Waals surface area contributed by atoms with Gasteiger partial charge in [0.05, 0.1) is 46.8 Å². The van der Waals surface area contributed by atoms with Crippen molar-refractivity contribution in [2.75, 3.05) is 46.8 Å². The summed E-state index contributed by atoms with van der Waals surface area (Å²) in [7, 11) is 1.65. The summed E-state index contributed by atoms with van der Waals surface area (Å²) in [6.45, 7) is 16.4. The van der Waals surface area contributed by atoms with Crippen LogP contribution in [0.3, 0.4) is 0 Å². The Morgan fingerprint density at radius 1 is 0.417 bits per heavy atom. The first-order valence-corrected chi connectivity index (χ1v) is 24.4. The number of unbranched alkanes of at least 4 members (excludes halogenated alkanes) is 18. The van der Waals surface area contributed by atoms with Crippen LogP contribution in [0.1, 0.15) is 212 Å². The fraction of sp³-hybridized carbons (Fsp3) is 0.712. The number of carbonyl (C=O) groups is 1. The predicted octanol–water partition coefficient (Wildman–Crippen LogP) is 15.3. The average Bonchev–Trinajstić information content (AvgIpc) is 3.25. The molecule has 0 aromatic heterocycles. The summed E-state index contributed by atoms with van der Waals surface area (Å²) in [4.78, 5) is 15.0. The highest BCUT2D eigenvalue weighted by atomic mass is 16.5. The van der Waals surface area contributed by atoms with Crippen LogP contribution >= 0.6 is 0 Å². The molecule has 2 aromatic carbocycles. The molecule has 0 heterocycles. The summed E-state index contributed by atoms with van der Waals surface area (Å²) in [5, 5.41) is 0.